The number of alkyl halides is 4. The van der Waals surface area contributed by atoms with Crippen molar-refractivity contribution in [3.63, 3.8) is 0 Å². The molecule has 0 spiro atoms. The number of aliphatic hydroxyl groups excluding tert-OH is 2. The monoisotopic (exact) mass is 864 g/mol. The molecule has 0 aromatic heterocycles. The smallest absolute Gasteiger partial charge is 0.101 e. The van der Waals surface area contributed by atoms with Crippen LogP contribution in [0.5, 0.6) is 0 Å². The minimum Gasteiger partial charge on any atom is -0.388 e. The molecule has 4 fully saturated rings. The average molecular weight is 868 g/mol. The van der Waals surface area contributed by atoms with Crippen LogP contribution in [0.2, 0.25) is 0 Å². The number of halogens is 4. The van der Waals surface area contributed by atoms with Gasteiger partial charge in [-0.05, 0) is 68.6 Å². The summed E-state index contributed by atoms with van der Waals surface area (Å²) in [5.74, 6) is 1.06. The fourth-order valence-electron chi connectivity index (χ4n) is 7.73. The lowest BCUT2D eigenvalue weighted by atomic mass is 9.60. The molecule has 6 unspecified atom stereocenters. The standard InChI is InChI=1S/C33H56Br4O6/c1-33(2,21-13-27(34)31(28(35)14-21)42-19-23(38)17-40-25-9-5-3-6-10-25)22-15-29(36)32(30(37)16-22)43-20-24(39)18-41-26-11-7-4-8-12-26/h21-32,38-39H,3-20H2,1-2H3. The number of rotatable bonds is 14. The maximum Gasteiger partial charge on any atom is 0.101 e. The second-order valence-electron chi connectivity index (χ2n) is 14.3. The van der Waals surface area contributed by atoms with Gasteiger partial charge >= 0.3 is 0 Å². The Morgan fingerprint density at radius 1 is 0.535 bits per heavy atom. The zero-order valence-electron chi connectivity index (χ0n) is 26.2. The molecular formula is C33H56Br4O6. The Balaban J connectivity index is 1.19. The van der Waals surface area contributed by atoms with E-state index in [2.05, 4.69) is 77.6 Å². The molecule has 0 bridgehead atoms. The lowest BCUT2D eigenvalue weighted by molar-refractivity contribution is -0.0815. The molecule has 0 saturated heterocycles. The van der Waals surface area contributed by atoms with Crippen molar-refractivity contribution in [1.82, 2.24) is 0 Å². The summed E-state index contributed by atoms with van der Waals surface area (Å²) in [7, 11) is 0. The van der Waals surface area contributed by atoms with Gasteiger partial charge < -0.3 is 29.2 Å². The molecule has 0 heterocycles. The van der Waals surface area contributed by atoms with Crippen LogP contribution in [0.1, 0.15) is 104 Å². The van der Waals surface area contributed by atoms with Gasteiger partial charge in [-0.1, -0.05) is 116 Å². The molecule has 252 valence electrons. The third-order valence-corrected chi connectivity index (χ3v) is 14.3. The van der Waals surface area contributed by atoms with Gasteiger partial charge in [0.25, 0.3) is 0 Å². The van der Waals surface area contributed by atoms with Gasteiger partial charge in [-0.25, -0.2) is 0 Å². The van der Waals surface area contributed by atoms with Gasteiger partial charge in [-0.3, -0.25) is 0 Å². The molecule has 0 aromatic carbocycles. The number of aliphatic hydroxyl groups is 2. The van der Waals surface area contributed by atoms with Crippen LogP contribution in [0.4, 0.5) is 0 Å². The third-order valence-electron chi connectivity index (χ3n) is 10.7. The van der Waals surface area contributed by atoms with Crippen molar-refractivity contribution in [3.8, 4) is 0 Å². The van der Waals surface area contributed by atoms with E-state index in [4.69, 9.17) is 18.9 Å². The summed E-state index contributed by atoms with van der Waals surface area (Å²) in [6.07, 6.45) is 15.6. The third kappa shape index (κ3) is 11.4. The van der Waals surface area contributed by atoms with Crippen molar-refractivity contribution in [2.75, 3.05) is 26.4 Å². The molecule has 4 aliphatic carbocycles. The second-order valence-corrected chi connectivity index (χ2v) is 19.0. The molecule has 2 N–H and O–H groups in total. The highest BCUT2D eigenvalue weighted by Crippen LogP contribution is 2.52. The van der Waals surface area contributed by atoms with E-state index in [0.29, 0.717) is 50.5 Å². The van der Waals surface area contributed by atoms with Crippen LogP contribution >= 0.6 is 63.7 Å². The number of ether oxygens (including phenoxy) is 4. The molecule has 4 saturated carbocycles. The summed E-state index contributed by atoms with van der Waals surface area (Å²) in [6.45, 7) is 6.18. The molecule has 6 atom stereocenters. The van der Waals surface area contributed by atoms with E-state index in [9.17, 15) is 10.2 Å². The van der Waals surface area contributed by atoms with E-state index in [1.54, 1.807) is 0 Å². The van der Waals surface area contributed by atoms with Crippen molar-refractivity contribution >= 4 is 63.7 Å². The van der Waals surface area contributed by atoms with Crippen LogP contribution in [0.15, 0.2) is 0 Å². The fourth-order valence-corrected chi connectivity index (χ4v) is 12.4. The van der Waals surface area contributed by atoms with Crippen molar-refractivity contribution in [1.29, 1.82) is 0 Å². The lowest BCUT2D eigenvalue weighted by Crippen LogP contribution is -2.50. The zero-order valence-corrected chi connectivity index (χ0v) is 32.5. The molecule has 0 amide bonds. The van der Waals surface area contributed by atoms with Crippen molar-refractivity contribution in [2.45, 2.75) is 160 Å². The van der Waals surface area contributed by atoms with E-state index >= 15 is 0 Å². The van der Waals surface area contributed by atoms with Crippen LogP contribution in [0.3, 0.4) is 0 Å². The molecule has 6 nitrogen and oxygen atoms in total. The van der Waals surface area contributed by atoms with Crippen molar-refractivity contribution in [2.24, 2.45) is 17.3 Å². The van der Waals surface area contributed by atoms with Gasteiger partial charge in [0.15, 0.2) is 0 Å². The molecule has 0 aliphatic heterocycles. The summed E-state index contributed by atoms with van der Waals surface area (Å²) >= 11 is 15.9. The van der Waals surface area contributed by atoms with Gasteiger partial charge in [0, 0.05) is 19.3 Å². The van der Waals surface area contributed by atoms with Crippen molar-refractivity contribution < 1.29 is 29.2 Å². The lowest BCUT2D eigenvalue weighted by Gasteiger charge is -2.50. The van der Waals surface area contributed by atoms with Crippen LogP contribution in [-0.4, -0.2) is 92.6 Å². The molecule has 43 heavy (non-hydrogen) atoms. The first-order valence-electron chi connectivity index (χ1n) is 16.9. The summed E-state index contributed by atoms with van der Waals surface area (Å²) in [5, 5.41) is 21.1. The maximum absolute atomic E-state index is 10.5. The Hall–Kier alpha value is 1.68. The molecule has 10 heteroatoms. The van der Waals surface area contributed by atoms with E-state index in [1.165, 1.54) is 38.5 Å². The highest BCUT2D eigenvalue weighted by atomic mass is 79.9. The number of hydrogen-bond acceptors (Lipinski definition) is 6. The highest BCUT2D eigenvalue weighted by molar-refractivity contribution is 9.10. The van der Waals surface area contributed by atoms with Crippen LogP contribution in [0.25, 0.3) is 0 Å². The predicted molar refractivity (Wildman–Crippen MR) is 187 cm³/mol. The first-order chi connectivity index (χ1) is 20.5. The molecule has 4 rings (SSSR count). The zero-order chi connectivity index (χ0) is 31.0. The Kier molecular flexibility index (Phi) is 16.1. The quantitative estimate of drug-likeness (QED) is 0.172. The van der Waals surface area contributed by atoms with Gasteiger partial charge in [0.1, 0.15) is 12.2 Å². The van der Waals surface area contributed by atoms with Crippen molar-refractivity contribution in [3.05, 3.63) is 0 Å². The van der Waals surface area contributed by atoms with E-state index in [-0.39, 0.29) is 36.9 Å². The maximum atomic E-state index is 10.5. The number of hydrogen-bond donors (Lipinski definition) is 2. The summed E-state index contributed by atoms with van der Waals surface area (Å²) in [5.41, 5.74) is 0.132. The first-order valence-corrected chi connectivity index (χ1v) is 20.6. The van der Waals surface area contributed by atoms with Gasteiger partial charge in [-0.15, -0.1) is 0 Å². The van der Waals surface area contributed by atoms with Gasteiger partial charge in [0.2, 0.25) is 0 Å². The minimum absolute atomic E-state index is 0.0156. The van der Waals surface area contributed by atoms with E-state index in [1.807, 2.05) is 0 Å². The van der Waals surface area contributed by atoms with E-state index in [0.717, 1.165) is 51.4 Å². The Bertz CT molecular complexity index is 709. The molecular weight excluding hydrogens is 812 g/mol. The predicted octanol–water partition coefficient (Wildman–Crippen LogP) is 8.08. The first kappa shape index (κ1) is 37.5. The summed E-state index contributed by atoms with van der Waals surface area (Å²) in [4.78, 5) is 0.881. The summed E-state index contributed by atoms with van der Waals surface area (Å²) < 4.78 is 24.5. The van der Waals surface area contributed by atoms with Gasteiger partial charge in [0.05, 0.1) is 50.8 Å². The topological polar surface area (TPSA) is 77.4 Å². The Morgan fingerprint density at radius 2 is 0.837 bits per heavy atom. The average Bonchev–Trinajstić information content (AvgIpc) is 2.99. The molecule has 0 radical (unpaired) electrons. The second kappa shape index (κ2) is 18.4. The molecule has 0 aromatic rings. The molecule has 4 aliphatic rings. The SMILES string of the molecule is CC(C)(C1CC(Br)C(OCC(O)COC2CCCCC2)C(Br)C1)C1CC(Br)C(OCC(O)COC2CCCCC2)C(Br)C1. The van der Waals surface area contributed by atoms with Crippen LogP contribution < -0.4 is 0 Å². The normalized spacial score (nSPS) is 36.8. The van der Waals surface area contributed by atoms with Gasteiger partial charge in [-0.2, -0.15) is 0 Å². The highest BCUT2D eigenvalue weighted by Gasteiger charge is 2.49. The largest absolute Gasteiger partial charge is 0.388 e. The van der Waals surface area contributed by atoms with Crippen LogP contribution in [-0.2, 0) is 18.9 Å². The minimum atomic E-state index is -0.592. The Labute approximate surface area is 294 Å². The van der Waals surface area contributed by atoms with Crippen LogP contribution in [0, 0.1) is 17.3 Å². The summed E-state index contributed by atoms with van der Waals surface area (Å²) in [6, 6.07) is 0. The Morgan fingerprint density at radius 3 is 1.16 bits per heavy atom. The fraction of sp³-hybridized carbons (Fsp3) is 1.00. The van der Waals surface area contributed by atoms with E-state index < -0.39 is 12.2 Å².